The Morgan fingerprint density at radius 2 is 2.36 bits per heavy atom. The Labute approximate surface area is 131 Å². The number of benzene rings is 1. The number of hydrogen-bond acceptors (Lipinski definition) is 2. The third-order valence-corrected chi connectivity index (χ3v) is 5.69. The molecule has 0 bridgehead atoms. The number of carbonyl (C=O) groups is 1. The molecule has 0 aromatic heterocycles. The molecule has 1 aromatic carbocycles. The number of carboxylic acid groups (broad SMARTS) is 1. The first-order valence-electron chi connectivity index (χ1n) is 8.23. The van der Waals surface area contributed by atoms with Crippen molar-refractivity contribution in [1.29, 1.82) is 0 Å². The number of hydrogen-bond donors (Lipinski definition) is 1. The van der Waals surface area contributed by atoms with E-state index in [0.717, 1.165) is 44.2 Å². The molecule has 0 amide bonds. The second-order valence-corrected chi connectivity index (χ2v) is 7.00. The maximum Gasteiger partial charge on any atom is 0.311 e. The third-order valence-electron chi connectivity index (χ3n) is 5.69. The maximum absolute atomic E-state index is 13.2. The summed E-state index contributed by atoms with van der Waals surface area (Å²) in [5, 5.41) is 9.64. The summed E-state index contributed by atoms with van der Waals surface area (Å²) in [6.07, 6.45) is 4.67. The number of halogens is 1. The van der Waals surface area contributed by atoms with Crippen LogP contribution in [0.2, 0.25) is 0 Å². The van der Waals surface area contributed by atoms with Crippen LogP contribution in [0.3, 0.4) is 0 Å². The van der Waals surface area contributed by atoms with Gasteiger partial charge in [-0.25, -0.2) is 4.39 Å². The van der Waals surface area contributed by atoms with Gasteiger partial charge in [0.15, 0.2) is 0 Å². The summed E-state index contributed by atoms with van der Waals surface area (Å²) >= 11 is 0. The predicted octanol–water partition coefficient (Wildman–Crippen LogP) is 3.33. The zero-order valence-corrected chi connectivity index (χ0v) is 13.1. The van der Waals surface area contributed by atoms with Gasteiger partial charge in [0.25, 0.3) is 0 Å². The Morgan fingerprint density at radius 1 is 1.55 bits per heavy atom. The maximum atomic E-state index is 13.2. The van der Waals surface area contributed by atoms with E-state index in [-0.39, 0.29) is 5.82 Å². The fraction of sp³-hybridized carbons (Fsp3) is 0.611. The normalized spacial score (nSPS) is 29.5. The van der Waals surface area contributed by atoms with Crippen molar-refractivity contribution < 1.29 is 14.3 Å². The van der Waals surface area contributed by atoms with E-state index >= 15 is 0 Å². The van der Waals surface area contributed by atoms with Crippen molar-refractivity contribution in [3.63, 3.8) is 0 Å². The van der Waals surface area contributed by atoms with Crippen LogP contribution in [-0.2, 0) is 11.2 Å². The molecule has 0 spiro atoms. The van der Waals surface area contributed by atoms with Crippen LogP contribution >= 0.6 is 0 Å². The molecule has 2 aliphatic rings. The minimum Gasteiger partial charge on any atom is -0.481 e. The van der Waals surface area contributed by atoms with Crippen molar-refractivity contribution in [3.8, 4) is 0 Å². The molecular formula is C18H24FNO2. The second-order valence-electron chi connectivity index (χ2n) is 7.00. The summed E-state index contributed by atoms with van der Waals surface area (Å²) in [6, 6.07) is 7.09. The van der Waals surface area contributed by atoms with Gasteiger partial charge in [0, 0.05) is 19.1 Å². The molecule has 22 heavy (non-hydrogen) atoms. The molecule has 1 unspecified atom stereocenters. The first-order chi connectivity index (χ1) is 10.5. The molecule has 1 aliphatic carbocycles. The van der Waals surface area contributed by atoms with Gasteiger partial charge in [-0.15, -0.1) is 0 Å². The number of rotatable bonds is 5. The SMILES string of the molecule is CC(CCc1cccc(F)c1)N1C[C@@H]2CCC[C@@]2(C(=O)O)C1. The number of fused-ring (bicyclic) bond motifs is 1. The highest BCUT2D eigenvalue weighted by atomic mass is 19.1. The van der Waals surface area contributed by atoms with E-state index in [1.807, 2.05) is 6.07 Å². The zero-order chi connectivity index (χ0) is 15.7. The number of aliphatic carboxylic acids is 1. The minimum atomic E-state index is -0.616. The van der Waals surface area contributed by atoms with E-state index in [9.17, 15) is 14.3 Å². The van der Waals surface area contributed by atoms with Crippen molar-refractivity contribution in [3.05, 3.63) is 35.6 Å². The van der Waals surface area contributed by atoms with Crippen LogP contribution in [0.1, 0.15) is 38.2 Å². The third kappa shape index (κ3) is 2.76. The molecule has 3 nitrogen and oxygen atoms in total. The van der Waals surface area contributed by atoms with E-state index in [1.165, 1.54) is 6.07 Å². The van der Waals surface area contributed by atoms with Crippen LogP contribution in [0, 0.1) is 17.2 Å². The molecular weight excluding hydrogens is 281 g/mol. The molecule has 3 atom stereocenters. The molecule has 1 saturated carbocycles. The lowest BCUT2D eigenvalue weighted by molar-refractivity contribution is -0.149. The number of carboxylic acids is 1. The standard InChI is InChI=1S/C18H24FNO2/c1-13(7-8-14-4-2-6-16(19)10-14)20-11-15-5-3-9-18(15,12-20)17(21)22/h2,4,6,10,13,15H,3,5,7-9,11-12H2,1H3,(H,21,22)/t13?,15-,18+/m0/s1. The average molecular weight is 305 g/mol. The van der Waals surface area contributed by atoms with Gasteiger partial charge in [0.1, 0.15) is 5.82 Å². The molecule has 2 fully saturated rings. The molecule has 4 heteroatoms. The van der Waals surface area contributed by atoms with Crippen molar-refractivity contribution in [2.45, 2.75) is 45.1 Å². The first-order valence-corrected chi connectivity index (χ1v) is 8.23. The summed E-state index contributed by atoms with van der Waals surface area (Å²) in [7, 11) is 0. The van der Waals surface area contributed by atoms with E-state index in [4.69, 9.17) is 0 Å². The summed E-state index contributed by atoms with van der Waals surface area (Å²) in [4.78, 5) is 14.1. The summed E-state index contributed by atoms with van der Waals surface area (Å²) < 4.78 is 13.2. The van der Waals surface area contributed by atoms with Gasteiger partial charge in [0.05, 0.1) is 5.41 Å². The number of likely N-dealkylation sites (tertiary alicyclic amines) is 1. The highest BCUT2D eigenvalue weighted by Crippen LogP contribution is 2.49. The van der Waals surface area contributed by atoms with Crippen molar-refractivity contribution in [2.24, 2.45) is 11.3 Å². The topological polar surface area (TPSA) is 40.5 Å². The lowest BCUT2D eigenvalue weighted by atomic mass is 9.81. The van der Waals surface area contributed by atoms with Crippen LogP contribution in [0.25, 0.3) is 0 Å². The van der Waals surface area contributed by atoms with Gasteiger partial charge < -0.3 is 5.11 Å². The molecule has 1 aromatic rings. The van der Waals surface area contributed by atoms with Gasteiger partial charge in [-0.1, -0.05) is 18.6 Å². The van der Waals surface area contributed by atoms with Gasteiger partial charge >= 0.3 is 5.97 Å². The lowest BCUT2D eigenvalue weighted by Crippen LogP contribution is -2.38. The molecule has 1 heterocycles. The predicted molar refractivity (Wildman–Crippen MR) is 83.2 cm³/mol. The monoisotopic (exact) mass is 305 g/mol. The zero-order valence-electron chi connectivity index (χ0n) is 13.1. The fourth-order valence-corrected chi connectivity index (χ4v) is 4.26. The molecule has 0 radical (unpaired) electrons. The lowest BCUT2D eigenvalue weighted by Gasteiger charge is -2.27. The first kappa shape index (κ1) is 15.5. The van der Waals surface area contributed by atoms with Crippen LogP contribution in [-0.4, -0.2) is 35.1 Å². The summed E-state index contributed by atoms with van der Waals surface area (Å²) in [5.41, 5.74) is 0.506. The number of aryl methyl sites for hydroxylation is 1. The highest BCUT2D eigenvalue weighted by Gasteiger charge is 2.55. The van der Waals surface area contributed by atoms with Crippen LogP contribution in [0.5, 0.6) is 0 Å². The van der Waals surface area contributed by atoms with Crippen LogP contribution in [0.4, 0.5) is 4.39 Å². The molecule has 1 N–H and O–H groups in total. The molecule has 120 valence electrons. The van der Waals surface area contributed by atoms with E-state index in [1.54, 1.807) is 12.1 Å². The van der Waals surface area contributed by atoms with Gasteiger partial charge in [-0.2, -0.15) is 0 Å². The minimum absolute atomic E-state index is 0.189. The quantitative estimate of drug-likeness (QED) is 0.907. The average Bonchev–Trinajstić information content (AvgIpc) is 3.02. The largest absolute Gasteiger partial charge is 0.481 e. The molecule has 1 saturated heterocycles. The Bertz CT molecular complexity index is 562. The van der Waals surface area contributed by atoms with Gasteiger partial charge in [0.2, 0.25) is 0 Å². The van der Waals surface area contributed by atoms with E-state index in [2.05, 4.69) is 11.8 Å². The molecule has 3 rings (SSSR count). The van der Waals surface area contributed by atoms with Crippen molar-refractivity contribution in [2.75, 3.05) is 13.1 Å². The van der Waals surface area contributed by atoms with E-state index < -0.39 is 11.4 Å². The van der Waals surface area contributed by atoms with Crippen LogP contribution in [0.15, 0.2) is 24.3 Å². The highest BCUT2D eigenvalue weighted by molar-refractivity contribution is 5.76. The van der Waals surface area contributed by atoms with Crippen LogP contribution < -0.4 is 0 Å². The van der Waals surface area contributed by atoms with Crippen molar-refractivity contribution >= 4 is 5.97 Å². The van der Waals surface area contributed by atoms with E-state index in [0.29, 0.717) is 18.5 Å². The summed E-state index contributed by atoms with van der Waals surface area (Å²) in [6.45, 7) is 3.74. The Hall–Kier alpha value is -1.42. The fourth-order valence-electron chi connectivity index (χ4n) is 4.26. The Balaban J connectivity index is 1.60. The molecule has 1 aliphatic heterocycles. The smallest absolute Gasteiger partial charge is 0.311 e. The Kier molecular flexibility index (Phi) is 4.22. The summed E-state index contributed by atoms with van der Waals surface area (Å²) in [5.74, 6) is -0.498. The number of nitrogens with zero attached hydrogens (tertiary/aromatic N) is 1. The van der Waals surface area contributed by atoms with Gasteiger partial charge in [-0.05, 0) is 56.2 Å². The second kappa shape index (κ2) is 5.99. The van der Waals surface area contributed by atoms with Gasteiger partial charge in [-0.3, -0.25) is 9.69 Å². The Morgan fingerprint density at radius 3 is 3.05 bits per heavy atom. The van der Waals surface area contributed by atoms with Crippen molar-refractivity contribution in [1.82, 2.24) is 4.90 Å².